The fourth-order valence-corrected chi connectivity index (χ4v) is 3.52. The third-order valence-electron chi connectivity index (χ3n) is 4.91. The van der Waals surface area contributed by atoms with Gasteiger partial charge in [0.1, 0.15) is 5.75 Å². The van der Waals surface area contributed by atoms with Gasteiger partial charge in [-0.05, 0) is 55.1 Å². The third kappa shape index (κ3) is 4.40. The van der Waals surface area contributed by atoms with Crippen molar-refractivity contribution in [3.8, 4) is 5.75 Å². The second-order valence-electron chi connectivity index (χ2n) is 6.65. The minimum atomic E-state index is 0.0568. The molecule has 0 saturated heterocycles. The Morgan fingerprint density at radius 1 is 1.20 bits per heavy atom. The second-order valence-corrected chi connectivity index (χ2v) is 6.65. The number of carbonyl (C=O) groups excluding carboxylic acids is 1. The molecule has 25 heavy (non-hydrogen) atoms. The van der Waals surface area contributed by atoms with Gasteiger partial charge >= 0.3 is 0 Å². The number of benzene rings is 2. The fraction of sp³-hybridized carbons (Fsp3) is 0.381. The molecule has 0 saturated carbocycles. The van der Waals surface area contributed by atoms with Crippen molar-refractivity contribution in [2.75, 3.05) is 20.7 Å². The maximum Gasteiger partial charge on any atom is 0.234 e. The van der Waals surface area contributed by atoms with E-state index >= 15 is 0 Å². The topological polar surface area (TPSA) is 41.6 Å². The number of rotatable bonds is 6. The van der Waals surface area contributed by atoms with E-state index in [1.807, 2.05) is 31.3 Å². The summed E-state index contributed by atoms with van der Waals surface area (Å²) in [6, 6.07) is 16.7. The molecular weight excluding hydrogens is 312 g/mol. The summed E-state index contributed by atoms with van der Waals surface area (Å²) in [4.78, 5) is 14.5. The highest BCUT2D eigenvalue weighted by Gasteiger charge is 2.24. The average molecular weight is 338 g/mol. The summed E-state index contributed by atoms with van der Waals surface area (Å²) in [6.45, 7) is 0.951. The van der Waals surface area contributed by atoms with Gasteiger partial charge in [0.25, 0.3) is 0 Å². The molecule has 0 radical (unpaired) electrons. The van der Waals surface area contributed by atoms with Crippen molar-refractivity contribution >= 4 is 5.91 Å². The minimum Gasteiger partial charge on any atom is -0.497 e. The molecule has 0 bridgehead atoms. The summed E-state index contributed by atoms with van der Waals surface area (Å²) in [5, 5.41) is 3.01. The normalized spacial score (nSPS) is 16.4. The highest BCUT2D eigenvalue weighted by Crippen LogP contribution is 2.33. The van der Waals surface area contributed by atoms with Gasteiger partial charge in [-0.15, -0.1) is 0 Å². The maximum absolute atomic E-state index is 12.3. The van der Waals surface area contributed by atoms with Crippen LogP contribution in [-0.2, 0) is 17.8 Å². The molecular formula is C21H26N2O2. The van der Waals surface area contributed by atoms with Crippen LogP contribution >= 0.6 is 0 Å². The molecule has 1 N–H and O–H groups in total. The molecule has 2 aromatic carbocycles. The number of hydrogen-bond acceptors (Lipinski definition) is 3. The van der Waals surface area contributed by atoms with E-state index in [0.29, 0.717) is 19.1 Å². The molecule has 132 valence electrons. The van der Waals surface area contributed by atoms with E-state index in [4.69, 9.17) is 4.74 Å². The Kier molecular flexibility index (Phi) is 5.71. The number of nitrogens with one attached hydrogen (secondary N) is 1. The number of nitrogens with zero attached hydrogens (tertiary/aromatic N) is 1. The van der Waals surface area contributed by atoms with Crippen LogP contribution in [0, 0.1) is 0 Å². The monoisotopic (exact) mass is 338 g/mol. The first-order chi connectivity index (χ1) is 12.2. The van der Waals surface area contributed by atoms with E-state index in [1.54, 1.807) is 7.11 Å². The first-order valence-electron chi connectivity index (χ1n) is 8.85. The SMILES string of the molecule is COc1ccc(CNC(=O)CN(C)[C@H]2CCCc3ccccc32)cc1. The molecule has 2 aromatic rings. The van der Waals surface area contributed by atoms with Crippen molar-refractivity contribution in [2.45, 2.75) is 31.8 Å². The largest absolute Gasteiger partial charge is 0.497 e. The minimum absolute atomic E-state index is 0.0568. The molecule has 0 aromatic heterocycles. The van der Waals surface area contributed by atoms with Crippen LogP contribution in [0.5, 0.6) is 5.75 Å². The molecule has 0 heterocycles. The number of amides is 1. The van der Waals surface area contributed by atoms with Crippen molar-refractivity contribution in [3.63, 3.8) is 0 Å². The highest BCUT2D eigenvalue weighted by molar-refractivity contribution is 5.78. The number of likely N-dealkylation sites (N-methyl/N-ethyl adjacent to an activating group) is 1. The summed E-state index contributed by atoms with van der Waals surface area (Å²) in [5.74, 6) is 0.882. The van der Waals surface area contributed by atoms with Gasteiger partial charge in [0.15, 0.2) is 0 Å². The lowest BCUT2D eigenvalue weighted by atomic mass is 9.87. The molecule has 1 amide bonds. The van der Waals surface area contributed by atoms with Crippen LogP contribution in [0.3, 0.4) is 0 Å². The van der Waals surface area contributed by atoms with Gasteiger partial charge in [-0.25, -0.2) is 0 Å². The lowest BCUT2D eigenvalue weighted by molar-refractivity contribution is -0.122. The summed E-state index contributed by atoms with van der Waals surface area (Å²) in [5.41, 5.74) is 3.86. The first kappa shape index (κ1) is 17.5. The smallest absolute Gasteiger partial charge is 0.234 e. The average Bonchev–Trinajstić information content (AvgIpc) is 2.66. The van der Waals surface area contributed by atoms with Crippen molar-refractivity contribution in [1.82, 2.24) is 10.2 Å². The van der Waals surface area contributed by atoms with Crippen LogP contribution in [0.4, 0.5) is 0 Å². The van der Waals surface area contributed by atoms with Crippen molar-refractivity contribution in [2.24, 2.45) is 0 Å². The third-order valence-corrected chi connectivity index (χ3v) is 4.91. The Morgan fingerprint density at radius 3 is 2.72 bits per heavy atom. The van der Waals surface area contributed by atoms with Crippen LogP contribution < -0.4 is 10.1 Å². The van der Waals surface area contributed by atoms with E-state index in [1.165, 1.54) is 17.5 Å². The first-order valence-corrected chi connectivity index (χ1v) is 8.85. The highest BCUT2D eigenvalue weighted by atomic mass is 16.5. The number of aryl methyl sites for hydroxylation is 1. The summed E-state index contributed by atoms with van der Waals surface area (Å²) in [6.07, 6.45) is 3.43. The van der Waals surface area contributed by atoms with Crippen LogP contribution in [-0.4, -0.2) is 31.5 Å². The predicted molar refractivity (Wildman–Crippen MR) is 99.6 cm³/mol. The van der Waals surface area contributed by atoms with E-state index in [2.05, 4.69) is 34.5 Å². The molecule has 0 unspecified atom stereocenters. The lowest BCUT2D eigenvalue weighted by Crippen LogP contribution is -2.37. The van der Waals surface area contributed by atoms with Gasteiger partial charge in [-0.1, -0.05) is 36.4 Å². The van der Waals surface area contributed by atoms with E-state index in [-0.39, 0.29) is 5.91 Å². The van der Waals surface area contributed by atoms with Gasteiger partial charge in [0.05, 0.1) is 13.7 Å². The Morgan fingerprint density at radius 2 is 1.96 bits per heavy atom. The zero-order valence-corrected chi connectivity index (χ0v) is 15.0. The van der Waals surface area contributed by atoms with Crippen LogP contribution in [0.25, 0.3) is 0 Å². The quantitative estimate of drug-likeness (QED) is 0.878. The van der Waals surface area contributed by atoms with Gasteiger partial charge in [-0.3, -0.25) is 9.69 Å². The summed E-state index contributed by atoms with van der Waals surface area (Å²) in [7, 11) is 3.69. The Balaban J connectivity index is 1.54. The van der Waals surface area contributed by atoms with Gasteiger partial charge in [-0.2, -0.15) is 0 Å². The molecule has 1 aliphatic carbocycles. The Bertz CT molecular complexity index is 712. The molecule has 1 aliphatic rings. The maximum atomic E-state index is 12.3. The van der Waals surface area contributed by atoms with Gasteiger partial charge in [0.2, 0.25) is 5.91 Å². The van der Waals surface area contributed by atoms with E-state index in [9.17, 15) is 4.79 Å². The second kappa shape index (κ2) is 8.17. The van der Waals surface area contributed by atoms with E-state index in [0.717, 1.165) is 24.2 Å². The van der Waals surface area contributed by atoms with Gasteiger partial charge in [0, 0.05) is 12.6 Å². The van der Waals surface area contributed by atoms with Crippen molar-refractivity contribution < 1.29 is 9.53 Å². The zero-order chi connectivity index (χ0) is 17.6. The number of carbonyl (C=O) groups is 1. The zero-order valence-electron chi connectivity index (χ0n) is 15.0. The summed E-state index contributed by atoms with van der Waals surface area (Å²) >= 11 is 0. The Labute approximate surface area is 149 Å². The number of hydrogen-bond donors (Lipinski definition) is 1. The van der Waals surface area contributed by atoms with Crippen molar-refractivity contribution in [1.29, 1.82) is 0 Å². The van der Waals surface area contributed by atoms with Crippen LogP contribution in [0.2, 0.25) is 0 Å². The lowest BCUT2D eigenvalue weighted by Gasteiger charge is -2.32. The molecule has 0 aliphatic heterocycles. The number of methoxy groups -OCH3 is 1. The standard InChI is InChI=1S/C21H26N2O2/c1-23(20-9-5-7-17-6-3-4-8-19(17)20)15-21(24)22-14-16-10-12-18(25-2)13-11-16/h3-4,6,8,10-13,20H,5,7,9,14-15H2,1-2H3,(H,22,24)/t20-/m0/s1. The van der Waals surface area contributed by atoms with Crippen LogP contribution in [0.15, 0.2) is 48.5 Å². The molecule has 1 atom stereocenters. The fourth-order valence-electron chi connectivity index (χ4n) is 3.52. The number of fused-ring (bicyclic) bond motifs is 1. The molecule has 4 heteroatoms. The number of ether oxygens (including phenoxy) is 1. The van der Waals surface area contributed by atoms with Crippen LogP contribution in [0.1, 0.15) is 35.6 Å². The van der Waals surface area contributed by atoms with E-state index < -0.39 is 0 Å². The molecule has 4 nitrogen and oxygen atoms in total. The Hall–Kier alpha value is -2.33. The molecule has 0 spiro atoms. The molecule has 3 rings (SSSR count). The summed E-state index contributed by atoms with van der Waals surface area (Å²) < 4.78 is 5.15. The molecule has 0 fully saturated rings. The van der Waals surface area contributed by atoms with Crippen molar-refractivity contribution in [3.05, 3.63) is 65.2 Å². The van der Waals surface area contributed by atoms with Gasteiger partial charge < -0.3 is 10.1 Å². The predicted octanol–water partition coefficient (Wildman–Crippen LogP) is 3.32.